The van der Waals surface area contributed by atoms with Crippen molar-refractivity contribution in [3.8, 4) is 0 Å². The summed E-state index contributed by atoms with van der Waals surface area (Å²) in [5.74, 6) is -0.514. The number of hydrogen-bond donors (Lipinski definition) is 1. The maximum Gasteiger partial charge on any atom is 0.264 e. The predicted molar refractivity (Wildman–Crippen MR) is 93.9 cm³/mol. The second kappa shape index (κ2) is 8.63. The molecule has 0 aromatic heterocycles. The van der Waals surface area contributed by atoms with E-state index in [0.29, 0.717) is 5.56 Å². The first kappa shape index (κ1) is 21.7. The minimum atomic E-state index is -4.01. The van der Waals surface area contributed by atoms with Crippen LogP contribution >= 0.6 is 0 Å². The van der Waals surface area contributed by atoms with Gasteiger partial charge in [0.2, 0.25) is 0 Å². The maximum atomic E-state index is 12.4. The topological polar surface area (TPSA) is 134 Å². The van der Waals surface area contributed by atoms with Gasteiger partial charge in [0.25, 0.3) is 26.1 Å². The maximum absolute atomic E-state index is 12.4. The van der Waals surface area contributed by atoms with E-state index >= 15 is 0 Å². The molecule has 4 atom stereocenters. The van der Waals surface area contributed by atoms with Gasteiger partial charge < -0.3 is 14.8 Å². The minimum Gasteiger partial charge on any atom is -0.353 e. The fraction of sp³-hybridized carbons (Fsp3) is 0.533. The van der Waals surface area contributed by atoms with Gasteiger partial charge in [-0.3, -0.25) is 13.2 Å². The third-order valence-electron chi connectivity index (χ3n) is 3.59. The van der Waals surface area contributed by atoms with Crippen LogP contribution in [0.1, 0.15) is 10.4 Å². The number of rotatable bonds is 7. The van der Waals surface area contributed by atoms with E-state index in [-0.39, 0.29) is 6.61 Å². The van der Waals surface area contributed by atoms with Crippen LogP contribution in [-0.2, 0) is 38.1 Å². The Bertz CT molecular complexity index is 855. The minimum absolute atomic E-state index is 0.180. The third kappa shape index (κ3) is 6.52. The highest BCUT2D eigenvalue weighted by Crippen LogP contribution is 2.25. The summed E-state index contributed by atoms with van der Waals surface area (Å²) in [5, 5.41) is 2.58. The lowest BCUT2D eigenvalue weighted by Crippen LogP contribution is -2.62. The molecule has 27 heavy (non-hydrogen) atoms. The average molecular weight is 423 g/mol. The van der Waals surface area contributed by atoms with Crippen LogP contribution in [0.5, 0.6) is 0 Å². The quantitative estimate of drug-likeness (QED) is 0.575. The normalized spacial score (nSPS) is 26.5. The lowest BCUT2D eigenvalue weighted by Gasteiger charge is -2.40. The van der Waals surface area contributed by atoms with Crippen molar-refractivity contribution >= 4 is 26.1 Å². The molecule has 1 amide bonds. The van der Waals surface area contributed by atoms with Crippen molar-refractivity contribution in [1.29, 1.82) is 0 Å². The molecule has 1 fully saturated rings. The summed E-state index contributed by atoms with van der Waals surface area (Å²) in [5.41, 5.74) is 0.324. The Kier molecular flexibility index (Phi) is 6.94. The first-order chi connectivity index (χ1) is 12.5. The van der Waals surface area contributed by atoms with E-state index in [1.165, 1.54) is 7.11 Å². The molecule has 0 aliphatic carbocycles. The van der Waals surface area contributed by atoms with Crippen molar-refractivity contribution in [2.45, 2.75) is 24.5 Å². The van der Waals surface area contributed by atoms with E-state index in [4.69, 9.17) is 17.8 Å². The number of carbonyl (C=O) groups excluding carboxylic acids is 1. The fourth-order valence-corrected chi connectivity index (χ4v) is 3.82. The van der Waals surface area contributed by atoms with Crippen molar-refractivity contribution in [3.05, 3.63) is 35.9 Å². The molecule has 152 valence electrons. The van der Waals surface area contributed by atoms with Gasteiger partial charge in [-0.25, -0.2) is 0 Å². The Morgan fingerprint density at radius 2 is 1.59 bits per heavy atom. The zero-order valence-corrected chi connectivity index (χ0v) is 16.5. The van der Waals surface area contributed by atoms with Gasteiger partial charge in [-0.1, -0.05) is 18.2 Å². The van der Waals surface area contributed by atoms with Crippen molar-refractivity contribution in [2.24, 2.45) is 0 Å². The van der Waals surface area contributed by atoms with Gasteiger partial charge >= 0.3 is 0 Å². The number of methoxy groups -OCH3 is 1. The Labute approximate surface area is 158 Å². The second-order valence-electron chi connectivity index (χ2n) is 5.91. The number of hydrogen-bond acceptors (Lipinski definition) is 9. The molecule has 10 nitrogen and oxygen atoms in total. The molecule has 1 N–H and O–H groups in total. The molecule has 12 heteroatoms. The molecule has 1 aromatic carbocycles. The van der Waals surface area contributed by atoms with Gasteiger partial charge in [0.15, 0.2) is 12.4 Å². The van der Waals surface area contributed by atoms with Crippen molar-refractivity contribution in [1.82, 2.24) is 5.32 Å². The van der Waals surface area contributed by atoms with E-state index in [9.17, 15) is 21.6 Å². The molecule has 1 aliphatic rings. The van der Waals surface area contributed by atoms with Gasteiger partial charge in [-0.2, -0.15) is 16.8 Å². The van der Waals surface area contributed by atoms with Crippen LogP contribution in [0.3, 0.4) is 0 Å². The van der Waals surface area contributed by atoms with E-state index in [1.54, 1.807) is 30.3 Å². The standard InChI is InChI=1S/C15H21NO9S2/c1-22-15-13(25-27(3,20)21)12(24-26(2,18)19)11(9-23-15)16-14(17)10-7-5-4-6-8-10/h4-8,11-13,15H,9H2,1-3H3,(H,16,17)/t11-,12-,13+,15-/m1/s1. The molecular formula is C15H21NO9S2. The van der Waals surface area contributed by atoms with Crippen LogP contribution in [0.15, 0.2) is 30.3 Å². The highest BCUT2D eigenvalue weighted by Gasteiger charge is 2.46. The summed E-state index contributed by atoms with van der Waals surface area (Å²) >= 11 is 0. The van der Waals surface area contributed by atoms with Crippen LogP contribution in [0, 0.1) is 0 Å². The van der Waals surface area contributed by atoms with E-state index in [2.05, 4.69) is 5.32 Å². The zero-order chi connectivity index (χ0) is 20.2. The number of amides is 1. The van der Waals surface area contributed by atoms with E-state index in [1.807, 2.05) is 0 Å². The van der Waals surface area contributed by atoms with Gasteiger partial charge in [-0.15, -0.1) is 0 Å². The van der Waals surface area contributed by atoms with Gasteiger partial charge in [0.05, 0.1) is 25.2 Å². The van der Waals surface area contributed by atoms with E-state index in [0.717, 1.165) is 12.5 Å². The molecule has 0 spiro atoms. The predicted octanol–water partition coefficient (Wildman–Crippen LogP) is -0.523. The third-order valence-corrected chi connectivity index (χ3v) is 4.73. The molecule has 1 aromatic rings. The highest BCUT2D eigenvalue weighted by molar-refractivity contribution is 7.86. The molecule has 0 unspecified atom stereocenters. The van der Waals surface area contributed by atoms with Gasteiger partial charge in [-0.05, 0) is 12.1 Å². The zero-order valence-electron chi connectivity index (χ0n) is 14.9. The molecule has 1 aliphatic heterocycles. The molecular weight excluding hydrogens is 402 g/mol. The molecule has 0 saturated carbocycles. The van der Waals surface area contributed by atoms with Crippen LogP contribution in [-0.4, -0.2) is 73.5 Å². The van der Waals surface area contributed by atoms with Crippen LogP contribution in [0.25, 0.3) is 0 Å². The fourth-order valence-electron chi connectivity index (χ4n) is 2.56. The summed E-state index contributed by atoms with van der Waals surface area (Å²) < 4.78 is 66.9. The number of benzene rings is 1. The average Bonchev–Trinajstić information content (AvgIpc) is 2.56. The first-order valence-corrected chi connectivity index (χ1v) is 11.4. The molecule has 1 saturated heterocycles. The summed E-state index contributed by atoms with van der Waals surface area (Å²) in [4.78, 5) is 12.4. The number of nitrogens with one attached hydrogen (secondary N) is 1. The SMILES string of the molecule is CO[C@@H]1OC[C@@H](NC(=O)c2ccccc2)[C@@H](OS(C)(=O)=O)[C@@H]1OS(C)(=O)=O. The smallest absolute Gasteiger partial charge is 0.264 e. The molecule has 1 heterocycles. The van der Waals surface area contributed by atoms with Crippen molar-refractivity contribution < 1.29 is 39.5 Å². The van der Waals surface area contributed by atoms with Crippen LogP contribution < -0.4 is 5.32 Å². The van der Waals surface area contributed by atoms with Gasteiger partial charge in [0.1, 0.15) is 6.10 Å². The summed E-state index contributed by atoms with van der Waals surface area (Å²) in [6.45, 7) is -0.180. The Morgan fingerprint density at radius 1 is 1.04 bits per heavy atom. The summed E-state index contributed by atoms with van der Waals surface area (Å²) in [6, 6.07) is 7.17. The largest absolute Gasteiger partial charge is 0.353 e. The number of ether oxygens (including phenoxy) is 2. The van der Waals surface area contributed by atoms with Gasteiger partial charge in [0, 0.05) is 12.7 Å². The molecule has 0 bridgehead atoms. The van der Waals surface area contributed by atoms with E-state index < -0.39 is 50.7 Å². The second-order valence-corrected chi connectivity index (χ2v) is 9.11. The molecule has 2 rings (SSSR count). The summed E-state index contributed by atoms with van der Waals surface area (Å²) in [7, 11) is -6.78. The van der Waals surface area contributed by atoms with Crippen LogP contribution in [0.2, 0.25) is 0 Å². The molecule has 0 radical (unpaired) electrons. The Balaban J connectivity index is 2.32. The lowest BCUT2D eigenvalue weighted by atomic mass is 10.0. The van der Waals surface area contributed by atoms with Crippen molar-refractivity contribution in [3.63, 3.8) is 0 Å². The monoisotopic (exact) mass is 423 g/mol. The first-order valence-electron chi connectivity index (χ1n) is 7.77. The Hall–Kier alpha value is -1.57. The van der Waals surface area contributed by atoms with Crippen LogP contribution in [0.4, 0.5) is 0 Å². The lowest BCUT2D eigenvalue weighted by molar-refractivity contribution is -0.226. The highest BCUT2D eigenvalue weighted by atomic mass is 32.2. The number of carbonyl (C=O) groups is 1. The summed E-state index contributed by atoms with van der Waals surface area (Å²) in [6.07, 6.45) is -2.45. The Morgan fingerprint density at radius 3 is 2.11 bits per heavy atom. The van der Waals surface area contributed by atoms with Crippen molar-refractivity contribution in [2.75, 3.05) is 26.2 Å².